The van der Waals surface area contributed by atoms with Gasteiger partial charge in [-0.3, -0.25) is 4.79 Å². The quantitative estimate of drug-likeness (QED) is 0.763. The number of aromatic nitrogens is 1. The Hall–Kier alpha value is -3.34. The highest BCUT2D eigenvalue weighted by Crippen LogP contribution is 2.33. The third-order valence-corrected chi connectivity index (χ3v) is 4.79. The van der Waals surface area contributed by atoms with Gasteiger partial charge in [-0.25, -0.2) is 4.98 Å². The van der Waals surface area contributed by atoms with Crippen molar-refractivity contribution in [1.29, 1.82) is 0 Å². The van der Waals surface area contributed by atoms with Gasteiger partial charge in [-0.2, -0.15) is 0 Å². The van der Waals surface area contributed by atoms with Crippen molar-refractivity contribution >= 4 is 28.8 Å². The number of nitrogens with one attached hydrogen (secondary N) is 1. The largest absolute Gasteiger partial charge is 0.378 e. The lowest BCUT2D eigenvalue weighted by atomic mass is 10.2. The van der Waals surface area contributed by atoms with Crippen LogP contribution in [0, 0.1) is 0 Å². The number of carbonyl (C=O) groups excluding carboxylic acids is 1. The molecular formula is C22H22N4O. The molecular weight excluding hydrogens is 336 g/mol. The third kappa shape index (κ3) is 3.49. The minimum atomic E-state index is -0.160. The highest BCUT2D eigenvalue weighted by atomic mass is 16.1. The fourth-order valence-corrected chi connectivity index (χ4v) is 3.32. The highest BCUT2D eigenvalue weighted by molar-refractivity contribution is 6.04. The lowest BCUT2D eigenvalue weighted by Gasteiger charge is -2.18. The molecule has 0 unspecified atom stereocenters. The molecule has 2 aromatic carbocycles. The number of hydrogen-bond acceptors (Lipinski definition) is 4. The fraction of sp³-hybridized carbons (Fsp3) is 0.182. The van der Waals surface area contributed by atoms with Crippen LogP contribution in [-0.4, -0.2) is 31.5 Å². The van der Waals surface area contributed by atoms with Crippen LogP contribution in [0.25, 0.3) is 0 Å². The lowest BCUT2D eigenvalue weighted by molar-refractivity contribution is 0.102. The van der Waals surface area contributed by atoms with E-state index in [-0.39, 0.29) is 5.91 Å². The van der Waals surface area contributed by atoms with Crippen LogP contribution in [0.3, 0.4) is 0 Å². The maximum absolute atomic E-state index is 12.5. The van der Waals surface area contributed by atoms with Crippen molar-refractivity contribution in [2.75, 3.05) is 35.8 Å². The summed E-state index contributed by atoms with van der Waals surface area (Å²) in [5.74, 6) is 0.706. The Morgan fingerprint density at radius 2 is 1.93 bits per heavy atom. The van der Waals surface area contributed by atoms with Crippen molar-refractivity contribution in [2.24, 2.45) is 0 Å². The molecule has 136 valence electrons. The molecule has 5 nitrogen and oxygen atoms in total. The lowest BCUT2D eigenvalue weighted by Crippen LogP contribution is -2.16. The summed E-state index contributed by atoms with van der Waals surface area (Å²) in [6.07, 6.45) is 2.66. The first-order chi connectivity index (χ1) is 13.1. The SMILES string of the molecule is CN(C)c1cccc(NC(=O)c2ccc(N3CCc4ccccc43)nc2)c1. The van der Waals surface area contributed by atoms with Crippen molar-refractivity contribution < 1.29 is 4.79 Å². The van der Waals surface area contributed by atoms with Gasteiger partial charge in [0.2, 0.25) is 0 Å². The van der Waals surface area contributed by atoms with Gasteiger partial charge in [-0.15, -0.1) is 0 Å². The molecule has 0 aliphatic carbocycles. The average Bonchev–Trinajstić information content (AvgIpc) is 3.12. The molecule has 1 amide bonds. The number of benzene rings is 2. The zero-order chi connectivity index (χ0) is 18.8. The molecule has 1 aromatic heterocycles. The van der Waals surface area contributed by atoms with E-state index in [1.165, 1.54) is 11.3 Å². The summed E-state index contributed by atoms with van der Waals surface area (Å²) in [6.45, 7) is 0.912. The van der Waals surface area contributed by atoms with E-state index in [2.05, 4.69) is 33.4 Å². The predicted octanol–water partition coefficient (Wildman–Crippen LogP) is 4.09. The second-order valence-electron chi connectivity index (χ2n) is 6.83. The smallest absolute Gasteiger partial charge is 0.257 e. The summed E-state index contributed by atoms with van der Waals surface area (Å²) in [5, 5.41) is 2.94. The number of fused-ring (bicyclic) bond motifs is 1. The molecule has 1 aliphatic heterocycles. The molecule has 3 aromatic rings. The van der Waals surface area contributed by atoms with Crippen LogP contribution in [0.5, 0.6) is 0 Å². The van der Waals surface area contributed by atoms with Crippen molar-refractivity contribution in [3.8, 4) is 0 Å². The van der Waals surface area contributed by atoms with Crippen molar-refractivity contribution in [3.63, 3.8) is 0 Å². The van der Waals surface area contributed by atoms with Gasteiger partial charge in [0, 0.05) is 43.9 Å². The number of nitrogens with zero attached hydrogens (tertiary/aromatic N) is 3. The van der Waals surface area contributed by atoms with Crippen LogP contribution in [0.2, 0.25) is 0 Å². The monoisotopic (exact) mass is 358 g/mol. The first-order valence-electron chi connectivity index (χ1n) is 9.02. The molecule has 0 fully saturated rings. The Morgan fingerprint density at radius 1 is 1.07 bits per heavy atom. The summed E-state index contributed by atoms with van der Waals surface area (Å²) in [5.41, 5.74) is 4.88. The number of para-hydroxylation sites is 1. The van der Waals surface area contributed by atoms with Gasteiger partial charge in [-0.1, -0.05) is 24.3 Å². The number of hydrogen-bond donors (Lipinski definition) is 1. The Kier molecular flexibility index (Phi) is 4.50. The van der Waals surface area contributed by atoms with E-state index in [0.29, 0.717) is 5.56 Å². The minimum Gasteiger partial charge on any atom is -0.378 e. The van der Waals surface area contributed by atoms with Crippen LogP contribution < -0.4 is 15.1 Å². The fourth-order valence-electron chi connectivity index (χ4n) is 3.32. The molecule has 27 heavy (non-hydrogen) atoms. The number of pyridine rings is 1. The minimum absolute atomic E-state index is 0.160. The molecule has 1 aliphatic rings. The average molecular weight is 358 g/mol. The Morgan fingerprint density at radius 3 is 2.70 bits per heavy atom. The van der Waals surface area contributed by atoms with Crippen molar-refractivity contribution in [2.45, 2.75) is 6.42 Å². The number of rotatable bonds is 4. The normalized spacial score (nSPS) is 12.6. The van der Waals surface area contributed by atoms with E-state index in [0.717, 1.165) is 30.2 Å². The van der Waals surface area contributed by atoms with Gasteiger partial charge in [0.05, 0.1) is 5.56 Å². The summed E-state index contributed by atoms with van der Waals surface area (Å²) in [4.78, 5) is 21.3. The van der Waals surface area contributed by atoms with E-state index >= 15 is 0 Å². The number of anilines is 4. The van der Waals surface area contributed by atoms with Gasteiger partial charge in [0.1, 0.15) is 5.82 Å². The van der Waals surface area contributed by atoms with Crippen LogP contribution in [0.4, 0.5) is 22.9 Å². The molecule has 0 spiro atoms. The Balaban J connectivity index is 1.49. The van der Waals surface area contributed by atoms with E-state index in [1.807, 2.05) is 61.5 Å². The highest BCUT2D eigenvalue weighted by Gasteiger charge is 2.20. The van der Waals surface area contributed by atoms with Crippen molar-refractivity contribution in [3.05, 3.63) is 78.0 Å². The van der Waals surface area contributed by atoms with E-state index in [4.69, 9.17) is 0 Å². The molecule has 0 saturated heterocycles. The Labute approximate surface area is 159 Å². The van der Waals surface area contributed by atoms with Gasteiger partial charge in [-0.05, 0) is 48.4 Å². The molecule has 0 radical (unpaired) electrons. The van der Waals surface area contributed by atoms with Gasteiger partial charge >= 0.3 is 0 Å². The topological polar surface area (TPSA) is 48.5 Å². The number of amides is 1. The maximum atomic E-state index is 12.5. The van der Waals surface area contributed by atoms with Crippen LogP contribution in [0.15, 0.2) is 66.9 Å². The predicted molar refractivity (Wildman–Crippen MR) is 110 cm³/mol. The molecule has 0 atom stereocenters. The molecule has 2 heterocycles. The van der Waals surface area contributed by atoms with E-state index in [1.54, 1.807) is 6.20 Å². The standard InChI is InChI=1S/C22H22N4O/c1-25(2)19-8-5-7-18(14-19)24-22(27)17-10-11-21(23-15-17)26-13-12-16-6-3-4-9-20(16)26/h3-11,14-15H,12-13H2,1-2H3,(H,24,27). The first kappa shape index (κ1) is 17.1. The molecule has 4 rings (SSSR count). The third-order valence-electron chi connectivity index (χ3n) is 4.79. The van der Waals surface area contributed by atoms with Crippen LogP contribution in [-0.2, 0) is 6.42 Å². The van der Waals surface area contributed by atoms with E-state index < -0.39 is 0 Å². The van der Waals surface area contributed by atoms with Crippen molar-refractivity contribution in [1.82, 2.24) is 4.98 Å². The first-order valence-corrected chi connectivity index (χ1v) is 9.02. The zero-order valence-corrected chi connectivity index (χ0v) is 15.5. The maximum Gasteiger partial charge on any atom is 0.257 e. The molecule has 0 saturated carbocycles. The van der Waals surface area contributed by atoms with Gasteiger partial charge in [0.25, 0.3) is 5.91 Å². The summed E-state index contributed by atoms with van der Waals surface area (Å²) < 4.78 is 0. The molecule has 0 bridgehead atoms. The summed E-state index contributed by atoms with van der Waals surface area (Å²) in [6, 6.07) is 19.9. The summed E-state index contributed by atoms with van der Waals surface area (Å²) in [7, 11) is 3.94. The summed E-state index contributed by atoms with van der Waals surface area (Å²) >= 11 is 0. The van der Waals surface area contributed by atoms with Gasteiger partial charge in [0.15, 0.2) is 0 Å². The zero-order valence-electron chi connectivity index (χ0n) is 15.5. The van der Waals surface area contributed by atoms with Crippen LogP contribution >= 0.6 is 0 Å². The van der Waals surface area contributed by atoms with E-state index in [9.17, 15) is 4.79 Å². The number of carbonyl (C=O) groups is 1. The Bertz CT molecular complexity index is 966. The second kappa shape index (κ2) is 7.11. The van der Waals surface area contributed by atoms with Crippen LogP contribution in [0.1, 0.15) is 15.9 Å². The van der Waals surface area contributed by atoms with Gasteiger partial charge < -0.3 is 15.1 Å². The second-order valence-corrected chi connectivity index (χ2v) is 6.83. The molecule has 1 N–H and O–H groups in total. The molecule has 5 heteroatoms.